The minimum atomic E-state index is -0.399. The lowest BCUT2D eigenvalue weighted by Gasteiger charge is -2.36. The van der Waals surface area contributed by atoms with E-state index in [1.54, 1.807) is 0 Å². The van der Waals surface area contributed by atoms with Crippen LogP contribution in [0.4, 0.5) is 16.2 Å². The third-order valence-electron chi connectivity index (χ3n) is 5.71. The summed E-state index contributed by atoms with van der Waals surface area (Å²) in [5.41, 5.74) is 1.24. The van der Waals surface area contributed by atoms with Crippen LogP contribution in [-0.2, 0) is 0 Å². The van der Waals surface area contributed by atoms with E-state index in [4.69, 9.17) is 9.97 Å². The molecule has 3 aliphatic rings. The van der Waals surface area contributed by atoms with Gasteiger partial charge in [-0.1, -0.05) is 6.42 Å². The van der Waals surface area contributed by atoms with Crippen LogP contribution in [0.25, 0.3) is 0 Å². The average molecular weight is 354 g/mol. The zero-order chi connectivity index (χ0) is 17.5. The summed E-state index contributed by atoms with van der Waals surface area (Å²) in [5, 5.41) is 0. The van der Waals surface area contributed by atoms with Crippen LogP contribution in [0.1, 0.15) is 55.5 Å². The molecule has 5 rings (SSSR count). The highest BCUT2D eigenvalue weighted by atomic mass is 19.1. The first kappa shape index (κ1) is 15.9. The SMILES string of the molecule is Fc1cnc(N2CCN(c3cc(C4CCC4)nc(C4CC4)n3)CC2)nc1. The van der Waals surface area contributed by atoms with Crippen LogP contribution in [0.15, 0.2) is 18.5 Å². The van der Waals surface area contributed by atoms with Crippen molar-refractivity contribution in [2.45, 2.75) is 43.9 Å². The summed E-state index contributed by atoms with van der Waals surface area (Å²) in [6, 6.07) is 2.21. The molecule has 1 saturated heterocycles. The van der Waals surface area contributed by atoms with E-state index in [2.05, 4.69) is 25.8 Å². The first-order valence-corrected chi connectivity index (χ1v) is 9.62. The van der Waals surface area contributed by atoms with E-state index in [0.717, 1.165) is 37.8 Å². The number of nitrogens with zero attached hydrogens (tertiary/aromatic N) is 6. The van der Waals surface area contributed by atoms with E-state index < -0.39 is 5.82 Å². The molecule has 2 aromatic rings. The van der Waals surface area contributed by atoms with E-state index in [1.165, 1.54) is 50.2 Å². The minimum absolute atomic E-state index is 0.399. The first-order chi connectivity index (χ1) is 12.8. The molecule has 2 aliphatic carbocycles. The van der Waals surface area contributed by atoms with Gasteiger partial charge in [-0.15, -0.1) is 0 Å². The topological polar surface area (TPSA) is 58.0 Å². The number of anilines is 2. The zero-order valence-electron chi connectivity index (χ0n) is 14.8. The molecule has 3 heterocycles. The Morgan fingerprint density at radius 1 is 0.846 bits per heavy atom. The lowest BCUT2D eigenvalue weighted by molar-refractivity contribution is 0.409. The molecule has 6 nitrogen and oxygen atoms in total. The fraction of sp³-hybridized carbons (Fsp3) is 0.579. The largest absolute Gasteiger partial charge is 0.353 e. The van der Waals surface area contributed by atoms with Crippen LogP contribution < -0.4 is 9.80 Å². The van der Waals surface area contributed by atoms with Gasteiger partial charge in [0.2, 0.25) is 5.95 Å². The van der Waals surface area contributed by atoms with Gasteiger partial charge < -0.3 is 9.80 Å². The summed E-state index contributed by atoms with van der Waals surface area (Å²) in [6.45, 7) is 3.36. The van der Waals surface area contributed by atoms with Gasteiger partial charge in [-0.25, -0.2) is 24.3 Å². The molecule has 7 heteroatoms. The number of aromatic nitrogens is 4. The lowest BCUT2D eigenvalue weighted by atomic mass is 9.83. The van der Waals surface area contributed by atoms with Gasteiger partial charge in [0.1, 0.15) is 11.6 Å². The Morgan fingerprint density at radius 3 is 2.15 bits per heavy atom. The van der Waals surface area contributed by atoms with Crippen LogP contribution in [0.2, 0.25) is 0 Å². The third-order valence-corrected chi connectivity index (χ3v) is 5.71. The second kappa shape index (κ2) is 6.45. The first-order valence-electron chi connectivity index (χ1n) is 9.62. The maximum absolute atomic E-state index is 13.0. The van der Waals surface area contributed by atoms with Crippen molar-refractivity contribution in [2.24, 2.45) is 0 Å². The number of hydrogen-bond acceptors (Lipinski definition) is 6. The quantitative estimate of drug-likeness (QED) is 0.841. The molecule has 1 aliphatic heterocycles. The van der Waals surface area contributed by atoms with Crippen molar-refractivity contribution >= 4 is 11.8 Å². The highest BCUT2D eigenvalue weighted by Crippen LogP contribution is 2.41. The predicted molar refractivity (Wildman–Crippen MR) is 97.0 cm³/mol. The van der Waals surface area contributed by atoms with Crippen LogP contribution in [0.3, 0.4) is 0 Å². The van der Waals surface area contributed by atoms with E-state index in [-0.39, 0.29) is 0 Å². The number of halogens is 1. The van der Waals surface area contributed by atoms with E-state index in [1.807, 2.05) is 0 Å². The normalized spacial score (nSPS) is 21.0. The van der Waals surface area contributed by atoms with Crippen LogP contribution in [-0.4, -0.2) is 46.1 Å². The predicted octanol–water partition coefficient (Wildman–Crippen LogP) is 2.88. The van der Waals surface area contributed by atoms with Crippen molar-refractivity contribution in [1.29, 1.82) is 0 Å². The molecule has 26 heavy (non-hydrogen) atoms. The highest BCUT2D eigenvalue weighted by Gasteiger charge is 2.31. The molecule has 2 saturated carbocycles. The summed E-state index contributed by atoms with van der Waals surface area (Å²) in [7, 11) is 0. The monoisotopic (exact) mass is 354 g/mol. The molecule has 2 aromatic heterocycles. The summed E-state index contributed by atoms with van der Waals surface area (Å²) in [6.07, 6.45) is 8.75. The molecule has 0 radical (unpaired) electrons. The van der Waals surface area contributed by atoms with Crippen molar-refractivity contribution in [3.05, 3.63) is 35.8 Å². The van der Waals surface area contributed by atoms with Crippen molar-refractivity contribution in [3.8, 4) is 0 Å². The smallest absolute Gasteiger partial charge is 0.225 e. The van der Waals surface area contributed by atoms with Crippen LogP contribution in [0, 0.1) is 5.82 Å². The van der Waals surface area contributed by atoms with Gasteiger partial charge in [0, 0.05) is 49.8 Å². The van der Waals surface area contributed by atoms with Crippen LogP contribution >= 0.6 is 0 Å². The second-order valence-electron chi connectivity index (χ2n) is 7.59. The third kappa shape index (κ3) is 3.10. The number of rotatable bonds is 4. The van der Waals surface area contributed by atoms with Gasteiger partial charge in [-0.05, 0) is 25.7 Å². The Labute approximate surface area is 152 Å². The van der Waals surface area contributed by atoms with Gasteiger partial charge in [0.25, 0.3) is 0 Å². The Hall–Kier alpha value is -2.31. The van der Waals surface area contributed by atoms with Crippen LogP contribution in [0.5, 0.6) is 0 Å². The molecule has 136 valence electrons. The maximum atomic E-state index is 13.0. The molecule has 3 fully saturated rings. The summed E-state index contributed by atoms with van der Waals surface area (Å²) in [4.78, 5) is 22.4. The molecule has 0 N–H and O–H groups in total. The van der Waals surface area contributed by atoms with Crippen molar-refractivity contribution in [2.75, 3.05) is 36.0 Å². The Balaban J connectivity index is 1.32. The fourth-order valence-corrected chi connectivity index (χ4v) is 3.68. The molecule has 0 bridgehead atoms. The van der Waals surface area contributed by atoms with E-state index in [0.29, 0.717) is 17.8 Å². The zero-order valence-corrected chi connectivity index (χ0v) is 14.8. The minimum Gasteiger partial charge on any atom is -0.353 e. The van der Waals surface area contributed by atoms with E-state index in [9.17, 15) is 4.39 Å². The Kier molecular flexibility index (Phi) is 3.94. The van der Waals surface area contributed by atoms with Crippen molar-refractivity contribution in [1.82, 2.24) is 19.9 Å². The fourth-order valence-electron chi connectivity index (χ4n) is 3.68. The molecule has 0 amide bonds. The lowest BCUT2D eigenvalue weighted by Crippen LogP contribution is -2.47. The standard InChI is InChI=1S/C19H23FN6/c20-15-11-21-19(22-12-15)26-8-6-25(7-9-26)17-10-16(13-2-1-3-13)23-18(24-17)14-4-5-14/h10-14H,1-9H2. The van der Waals surface area contributed by atoms with Gasteiger partial charge in [0.15, 0.2) is 5.82 Å². The summed E-state index contributed by atoms with van der Waals surface area (Å²) in [5.74, 6) is 3.52. The molecule has 0 spiro atoms. The van der Waals surface area contributed by atoms with Crippen molar-refractivity contribution < 1.29 is 4.39 Å². The molecule has 0 aromatic carbocycles. The van der Waals surface area contributed by atoms with Gasteiger partial charge in [-0.2, -0.15) is 0 Å². The summed E-state index contributed by atoms with van der Waals surface area (Å²) < 4.78 is 13.0. The molecule has 0 atom stereocenters. The van der Waals surface area contributed by atoms with Gasteiger partial charge >= 0.3 is 0 Å². The molecule has 0 unspecified atom stereocenters. The van der Waals surface area contributed by atoms with Gasteiger partial charge in [-0.3, -0.25) is 0 Å². The van der Waals surface area contributed by atoms with Gasteiger partial charge in [0.05, 0.1) is 12.4 Å². The second-order valence-corrected chi connectivity index (χ2v) is 7.59. The molecular weight excluding hydrogens is 331 g/mol. The maximum Gasteiger partial charge on any atom is 0.225 e. The summed E-state index contributed by atoms with van der Waals surface area (Å²) >= 11 is 0. The molecular formula is C19H23FN6. The van der Waals surface area contributed by atoms with Crippen molar-refractivity contribution in [3.63, 3.8) is 0 Å². The van der Waals surface area contributed by atoms with E-state index >= 15 is 0 Å². The average Bonchev–Trinajstić information content (AvgIpc) is 3.46. The number of piperazine rings is 1. The highest BCUT2D eigenvalue weighted by molar-refractivity contribution is 5.44. The Bertz CT molecular complexity index is 779. The number of hydrogen-bond donors (Lipinski definition) is 0. The Morgan fingerprint density at radius 2 is 1.54 bits per heavy atom.